The van der Waals surface area contributed by atoms with Crippen LogP contribution in [0, 0.1) is 11.6 Å². The van der Waals surface area contributed by atoms with Gasteiger partial charge in [0.25, 0.3) is 0 Å². The number of aromatic nitrogens is 2. The fourth-order valence-electron chi connectivity index (χ4n) is 1.45. The van der Waals surface area contributed by atoms with E-state index < -0.39 is 43.5 Å². The summed E-state index contributed by atoms with van der Waals surface area (Å²) in [6, 6.07) is 3.12. The second kappa shape index (κ2) is 5.32. The third-order valence-electron chi connectivity index (χ3n) is 2.28. The summed E-state index contributed by atoms with van der Waals surface area (Å²) >= 11 is -1.71. The van der Waals surface area contributed by atoms with E-state index in [1.165, 1.54) is 6.20 Å². The fraction of sp³-hybridized carbons (Fsp3) is 0. The van der Waals surface area contributed by atoms with Crippen LogP contribution in [0.25, 0.3) is 0 Å². The molecular weight excluding hydrogens is 321 g/mol. The van der Waals surface area contributed by atoms with E-state index in [-0.39, 0.29) is 10.0 Å². The number of rotatable bonds is 4. The van der Waals surface area contributed by atoms with Gasteiger partial charge in [-0.1, -0.05) is 0 Å². The van der Waals surface area contributed by atoms with E-state index in [0.29, 0.717) is 0 Å². The van der Waals surface area contributed by atoms with Gasteiger partial charge in [0.05, 0.1) is 0 Å². The number of carboxylic acids is 1. The molecule has 1 aromatic heterocycles. The number of carbonyl (C=O) groups excluding carboxylic acids is 1. The van der Waals surface area contributed by atoms with Gasteiger partial charge in [-0.25, -0.2) is 0 Å². The number of hydrogen-bond donors (Lipinski definition) is 2. The van der Waals surface area contributed by atoms with Crippen LogP contribution in [0.15, 0.2) is 24.4 Å². The van der Waals surface area contributed by atoms with Crippen LogP contribution in [0.2, 0.25) is 0 Å². The number of aromatic amines is 1. The third kappa shape index (κ3) is 2.71. The van der Waals surface area contributed by atoms with Crippen molar-refractivity contribution in [1.29, 1.82) is 0 Å². The number of nitrogens with one attached hydrogen (secondary N) is 1. The first-order chi connectivity index (χ1) is 9.00. The van der Waals surface area contributed by atoms with Crippen LogP contribution in [0.3, 0.4) is 0 Å². The van der Waals surface area contributed by atoms with Gasteiger partial charge in [-0.2, -0.15) is 0 Å². The number of halogens is 2. The van der Waals surface area contributed by atoms with Gasteiger partial charge in [0, 0.05) is 0 Å². The minimum atomic E-state index is -1.71. The first-order valence-electron chi connectivity index (χ1n) is 5.03. The Kier molecular flexibility index (Phi) is 3.76. The molecular formula is C11H7AsF2N2O3. The van der Waals surface area contributed by atoms with E-state index in [1.54, 1.807) is 0 Å². The van der Waals surface area contributed by atoms with E-state index in [1.807, 2.05) is 0 Å². The van der Waals surface area contributed by atoms with E-state index in [4.69, 9.17) is 5.11 Å². The van der Waals surface area contributed by atoms with Crippen molar-refractivity contribution >= 4 is 30.6 Å². The van der Waals surface area contributed by atoms with Crippen molar-refractivity contribution in [3.8, 4) is 0 Å². The van der Waals surface area contributed by atoms with Gasteiger partial charge in [0.2, 0.25) is 0 Å². The van der Waals surface area contributed by atoms with Crippen LogP contribution in [0.5, 0.6) is 0 Å². The van der Waals surface area contributed by atoms with Crippen molar-refractivity contribution in [2.75, 3.05) is 0 Å². The third-order valence-corrected chi connectivity index (χ3v) is 4.65. The van der Waals surface area contributed by atoms with E-state index in [2.05, 4.69) is 10.2 Å². The SMILES string of the molecule is O=C(O)c1n[nH]cc1[AsH]C(=O)c1c(F)cccc1F. The molecule has 0 saturated carbocycles. The van der Waals surface area contributed by atoms with Crippen LogP contribution >= 0.6 is 0 Å². The Bertz CT molecular complexity index is 637. The average molecular weight is 328 g/mol. The van der Waals surface area contributed by atoms with Gasteiger partial charge in [-0.15, -0.1) is 0 Å². The molecule has 2 N–H and O–H groups in total. The minimum absolute atomic E-state index is 0.195. The maximum absolute atomic E-state index is 13.4. The Morgan fingerprint density at radius 1 is 1.26 bits per heavy atom. The summed E-state index contributed by atoms with van der Waals surface area (Å²) in [4.78, 5) is 22.7. The molecule has 0 fully saturated rings. The number of carbonyl (C=O) groups is 2. The number of nitrogens with zero attached hydrogens (tertiary/aromatic N) is 1. The molecule has 2 aromatic rings. The first kappa shape index (κ1) is 13.4. The molecule has 0 aliphatic heterocycles. The molecule has 1 heterocycles. The molecule has 8 heteroatoms. The van der Waals surface area contributed by atoms with Crippen molar-refractivity contribution in [3.63, 3.8) is 0 Å². The molecule has 0 bridgehead atoms. The number of benzene rings is 1. The van der Waals surface area contributed by atoms with Crippen LogP contribution in [0.1, 0.15) is 20.8 Å². The molecule has 0 amide bonds. The summed E-state index contributed by atoms with van der Waals surface area (Å²) in [5, 5.41) is 14.6. The van der Waals surface area contributed by atoms with Gasteiger partial charge in [-0.05, 0) is 0 Å². The molecule has 0 spiro atoms. The van der Waals surface area contributed by atoms with Crippen LogP contribution in [0.4, 0.5) is 8.78 Å². The molecule has 19 heavy (non-hydrogen) atoms. The number of hydrogen-bond acceptors (Lipinski definition) is 3. The van der Waals surface area contributed by atoms with Crippen molar-refractivity contribution in [2.24, 2.45) is 0 Å². The molecule has 1 atom stereocenters. The van der Waals surface area contributed by atoms with Crippen molar-refractivity contribution in [3.05, 3.63) is 47.3 Å². The Labute approximate surface area is 112 Å². The van der Waals surface area contributed by atoms with Crippen LogP contribution < -0.4 is 4.35 Å². The number of carboxylic acid groups (broad SMARTS) is 1. The van der Waals surface area contributed by atoms with Gasteiger partial charge >= 0.3 is 112 Å². The van der Waals surface area contributed by atoms with E-state index in [9.17, 15) is 18.4 Å². The Morgan fingerprint density at radius 3 is 2.47 bits per heavy atom. The zero-order chi connectivity index (χ0) is 14.0. The van der Waals surface area contributed by atoms with Crippen molar-refractivity contribution in [2.45, 2.75) is 0 Å². The van der Waals surface area contributed by atoms with Gasteiger partial charge < -0.3 is 0 Å². The maximum atomic E-state index is 13.4. The van der Waals surface area contributed by atoms with Crippen LogP contribution in [-0.4, -0.2) is 41.6 Å². The van der Waals surface area contributed by atoms with Gasteiger partial charge in [0.1, 0.15) is 0 Å². The monoisotopic (exact) mass is 328 g/mol. The van der Waals surface area contributed by atoms with Crippen molar-refractivity contribution < 1.29 is 23.5 Å². The molecule has 5 nitrogen and oxygen atoms in total. The molecule has 1 unspecified atom stereocenters. The van der Waals surface area contributed by atoms with Gasteiger partial charge in [-0.3, -0.25) is 0 Å². The predicted octanol–water partition coefficient (Wildman–Crippen LogP) is 0.288. The quantitative estimate of drug-likeness (QED) is 0.791. The second-order valence-corrected chi connectivity index (χ2v) is 6.11. The normalized spacial score (nSPS) is 11.1. The molecule has 0 aliphatic rings. The molecule has 0 aliphatic carbocycles. The molecule has 2 rings (SSSR count). The molecule has 98 valence electrons. The average Bonchev–Trinajstić information content (AvgIpc) is 2.76. The Hall–Kier alpha value is -2.01. The summed E-state index contributed by atoms with van der Waals surface area (Å²) in [6.07, 6.45) is 1.26. The molecule has 1 aromatic carbocycles. The second-order valence-electron chi connectivity index (χ2n) is 3.50. The molecule has 0 saturated heterocycles. The first-order valence-corrected chi connectivity index (χ1v) is 7.13. The Morgan fingerprint density at radius 2 is 1.89 bits per heavy atom. The Balaban J connectivity index is 2.31. The summed E-state index contributed by atoms with van der Waals surface area (Å²) < 4.78 is 26.3. The molecule has 0 radical (unpaired) electrons. The standard InChI is InChI=1S/C11H7AsF2N2O3/c13-6-2-1-3-7(14)8(6)10(17)12-5-4-15-16-9(5)11(18)19/h1-4,12H,(H,15,16)(H,18,19). The number of aromatic carboxylic acids is 1. The zero-order valence-corrected chi connectivity index (χ0v) is 11.4. The fourth-order valence-corrected chi connectivity index (χ4v) is 3.60. The van der Waals surface area contributed by atoms with E-state index >= 15 is 0 Å². The topological polar surface area (TPSA) is 83.0 Å². The van der Waals surface area contributed by atoms with Crippen molar-refractivity contribution in [1.82, 2.24) is 10.2 Å². The predicted molar refractivity (Wildman–Crippen MR) is 63.0 cm³/mol. The van der Waals surface area contributed by atoms with E-state index in [0.717, 1.165) is 18.2 Å². The zero-order valence-electron chi connectivity index (χ0n) is 9.28. The summed E-state index contributed by atoms with van der Waals surface area (Å²) in [5.41, 5.74) is -0.912. The summed E-state index contributed by atoms with van der Waals surface area (Å²) in [7, 11) is 0. The van der Waals surface area contributed by atoms with Gasteiger partial charge in [0.15, 0.2) is 0 Å². The van der Waals surface area contributed by atoms with Crippen LogP contribution in [-0.2, 0) is 0 Å². The summed E-state index contributed by atoms with van der Waals surface area (Å²) in [5.74, 6) is -3.19. The summed E-state index contributed by atoms with van der Waals surface area (Å²) in [6.45, 7) is 0. The number of H-pyrrole nitrogens is 1.